The molecular formula is C14H13BrN4O3S. The first-order valence-corrected chi connectivity index (χ1v) is 8.74. The van der Waals surface area contributed by atoms with E-state index in [9.17, 15) is 13.2 Å². The number of nitrogens with one attached hydrogen (secondary N) is 1. The van der Waals surface area contributed by atoms with Gasteiger partial charge in [0.2, 0.25) is 5.91 Å². The summed E-state index contributed by atoms with van der Waals surface area (Å²) in [5.74, 6) is -0.667. The van der Waals surface area contributed by atoms with Gasteiger partial charge in [-0.1, -0.05) is 15.9 Å². The van der Waals surface area contributed by atoms with Gasteiger partial charge in [-0.3, -0.25) is 9.48 Å². The number of carbonyl (C=O) groups excluding carboxylic acids is 1. The third-order valence-electron chi connectivity index (χ3n) is 3.25. The molecule has 0 bridgehead atoms. The largest absolute Gasteiger partial charge is 0.274 e. The molecule has 0 fully saturated rings. The van der Waals surface area contributed by atoms with Gasteiger partial charge >= 0.3 is 0 Å². The van der Waals surface area contributed by atoms with Gasteiger partial charge < -0.3 is 0 Å². The third-order valence-corrected chi connectivity index (χ3v) is 5.06. The molecule has 0 unspecified atom stereocenters. The predicted molar refractivity (Wildman–Crippen MR) is 85.8 cm³/mol. The highest BCUT2D eigenvalue weighted by Crippen LogP contribution is 2.19. The monoisotopic (exact) mass is 396 g/mol. The highest BCUT2D eigenvalue weighted by atomic mass is 79.9. The summed E-state index contributed by atoms with van der Waals surface area (Å²) in [6.07, 6.45) is 1.42. The number of hydrogen-bond donors (Lipinski definition) is 1. The van der Waals surface area contributed by atoms with Crippen LogP contribution in [0.2, 0.25) is 0 Å². The predicted octanol–water partition coefficient (Wildman–Crippen LogP) is 1.41. The lowest BCUT2D eigenvalue weighted by molar-refractivity contribution is -0.118. The summed E-state index contributed by atoms with van der Waals surface area (Å²) in [4.78, 5) is 11.8. The number of sulfonamides is 1. The van der Waals surface area contributed by atoms with Gasteiger partial charge in [0.05, 0.1) is 29.1 Å². The fourth-order valence-electron chi connectivity index (χ4n) is 1.92. The molecule has 2 aromatic rings. The fourth-order valence-corrected chi connectivity index (χ4v) is 3.62. The Morgan fingerprint density at radius 1 is 1.43 bits per heavy atom. The minimum atomic E-state index is -4.05. The van der Waals surface area contributed by atoms with Crippen LogP contribution in [0.1, 0.15) is 16.8 Å². The molecule has 0 atom stereocenters. The molecule has 0 aliphatic rings. The van der Waals surface area contributed by atoms with E-state index in [1.807, 2.05) is 10.8 Å². The van der Waals surface area contributed by atoms with Gasteiger partial charge in [-0.2, -0.15) is 10.4 Å². The van der Waals surface area contributed by atoms with E-state index in [0.29, 0.717) is 10.0 Å². The number of halogens is 1. The maximum absolute atomic E-state index is 12.3. The lowest BCUT2D eigenvalue weighted by Crippen LogP contribution is -2.32. The summed E-state index contributed by atoms with van der Waals surface area (Å²) >= 11 is 3.14. The summed E-state index contributed by atoms with van der Waals surface area (Å²) in [5, 5.41) is 12.9. The lowest BCUT2D eigenvalue weighted by Gasteiger charge is -2.08. The quantitative estimate of drug-likeness (QED) is 0.840. The molecule has 9 heteroatoms. The second-order valence-corrected chi connectivity index (χ2v) is 7.47. The Bertz CT molecular complexity index is 913. The average molecular weight is 397 g/mol. The zero-order chi connectivity index (χ0) is 17.2. The van der Waals surface area contributed by atoms with Crippen LogP contribution in [-0.2, 0) is 28.3 Å². The van der Waals surface area contributed by atoms with Gasteiger partial charge in [0, 0.05) is 22.8 Å². The molecule has 0 saturated carbocycles. The highest BCUT2D eigenvalue weighted by Gasteiger charge is 2.20. The van der Waals surface area contributed by atoms with Crippen LogP contribution in [0, 0.1) is 18.3 Å². The standard InChI is InChI=1S/C14H13BrN4O3S/c1-9-11(8-17-19(9)2)5-14(20)18-23(21,22)13-4-10(7-16)3-12(15)6-13/h3-4,6,8H,5H2,1-2H3,(H,18,20). The van der Waals surface area contributed by atoms with Crippen molar-refractivity contribution in [3.05, 3.63) is 45.7 Å². The molecule has 1 aromatic carbocycles. The summed E-state index contributed by atoms with van der Waals surface area (Å²) in [6.45, 7) is 1.79. The Morgan fingerprint density at radius 3 is 2.70 bits per heavy atom. The second kappa shape index (κ2) is 6.52. The lowest BCUT2D eigenvalue weighted by atomic mass is 10.2. The van der Waals surface area contributed by atoms with Crippen molar-refractivity contribution >= 4 is 31.9 Å². The maximum atomic E-state index is 12.3. The van der Waals surface area contributed by atoms with Gasteiger partial charge in [-0.15, -0.1) is 0 Å². The van der Waals surface area contributed by atoms with Gasteiger partial charge in [-0.05, 0) is 25.1 Å². The van der Waals surface area contributed by atoms with Gasteiger partial charge in [0.15, 0.2) is 0 Å². The fraction of sp³-hybridized carbons (Fsp3) is 0.214. The summed E-state index contributed by atoms with van der Waals surface area (Å²) in [7, 11) is -2.31. The second-order valence-electron chi connectivity index (χ2n) is 4.87. The molecule has 0 spiro atoms. The average Bonchev–Trinajstić information content (AvgIpc) is 2.78. The zero-order valence-electron chi connectivity index (χ0n) is 12.4. The van der Waals surface area contributed by atoms with Crippen molar-refractivity contribution in [2.24, 2.45) is 7.05 Å². The van der Waals surface area contributed by atoms with E-state index in [1.165, 1.54) is 24.4 Å². The van der Waals surface area contributed by atoms with E-state index >= 15 is 0 Å². The van der Waals surface area contributed by atoms with Crippen molar-refractivity contribution in [3.8, 4) is 6.07 Å². The Hall–Kier alpha value is -2.18. The SMILES string of the molecule is Cc1c(CC(=O)NS(=O)(=O)c2cc(Br)cc(C#N)c2)cnn1C. The number of carbonyl (C=O) groups is 1. The molecule has 0 saturated heterocycles. The first-order chi connectivity index (χ1) is 10.7. The van der Waals surface area contributed by atoms with Crippen molar-refractivity contribution in [1.29, 1.82) is 5.26 Å². The third kappa shape index (κ3) is 3.97. The van der Waals surface area contributed by atoms with E-state index in [2.05, 4.69) is 21.0 Å². The van der Waals surface area contributed by atoms with Crippen molar-refractivity contribution in [1.82, 2.24) is 14.5 Å². The van der Waals surface area contributed by atoms with Crippen molar-refractivity contribution in [3.63, 3.8) is 0 Å². The number of hydrogen-bond acceptors (Lipinski definition) is 5. The first kappa shape index (κ1) is 17.2. The summed E-state index contributed by atoms with van der Waals surface area (Å²) in [6, 6.07) is 5.88. The van der Waals surface area contributed by atoms with Crippen molar-refractivity contribution in [2.75, 3.05) is 0 Å². The van der Waals surface area contributed by atoms with E-state index in [4.69, 9.17) is 5.26 Å². The molecule has 1 heterocycles. The Balaban J connectivity index is 2.21. The minimum Gasteiger partial charge on any atom is -0.274 e. The van der Waals surface area contributed by atoms with Crippen molar-refractivity contribution < 1.29 is 13.2 Å². The highest BCUT2D eigenvalue weighted by molar-refractivity contribution is 9.10. The molecule has 1 aromatic heterocycles. The topological polar surface area (TPSA) is 105 Å². The molecule has 7 nitrogen and oxygen atoms in total. The van der Waals surface area contributed by atoms with Gasteiger partial charge in [0.1, 0.15) is 0 Å². The van der Waals surface area contributed by atoms with E-state index in [1.54, 1.807) is 18.7 Å². The normalized spacial score (nSPS) is 11.0. The van der Waals surface area contributed by atoms with Crippen LogP contribution in [0.5, 0.6) is 0 Å². The summed E-state index contributed by atoms with van der Waals surface area (Å²) < 4.78 is 28.6. The molecule has 1 amide bonds. The number of aromatic nitrogens is 2. The smallest absolute Gasteiger partial charge is 0.264 e. The van der Waals surface area contributed by atoms with E-state index < -0.39 is 15.9 Å². The van der Waals surface area contributed by atoms with Crippen LogP contribution in [0.3, 0.4) is 0 Å². The van der Waals surface area contributed by atoms with Crippen LogP contribution in [-0.4, -0.2) is 24.1 Å². The van der Waals surface area contributed by atoms with Gasteiger partial charge in [0.25, 0.3) is 10.0 Å². The molecule has 0 radical (unpaired) electrons. The zero-order valence-corrected chi connectivity index (χ0v) is 14.8. The number of aryl methyl sites for hydroxylation is 1. The number of rotatable bonds is 4. The van der Waals surface area contributed by atoms with Crippen molar-refractivity contribution in [2.45, 2.75) is 18.2 Å². The van der Waals surface area contributed by atoms with Crippen LogP contribution < -0.4 is 4.72 Å². The van der Waals surface area contributed by atoms with Gasteiger partial charge in [-0.25, -0.2) is 13.1 Å². The number of amides is 1. The Kier molecular flexibility index (Phi) is 4.87. The Labute approximate surface area is 142 Å². The molecule has 23 heavy (non-hydrogen) atoms. The molecule has 0 aliphatic carbocycles. The van der Waals surface area contributed by atoms with Crippen LogP contribution >= 0.6 is 15.9 Å². The molecule has 0 aliphatic heterocycles. The number of nitrogens with zero attached hydrogens (tertiary/aromatic N) is 3. The molecule has 120 valence electrons. The summed E-state index contributed by atoms with van der Waals surface area (Å²) in [5.41, 5.74) is 1.61. The molecular weight excluding hydrogens is 384 g/mol. The van der Waals surface area contributed by atoms with E-state index in [-0.39, 0.29) is 16.9 Å². The Morgan fingerprint density at radius 2 is 2.13 bits per heavy atom. The van der Waals surface area contributed by atoms with Crippen LogP contribution in [0.4, 0.5) is 0 Å². The maximum Gasteiger partial charge on any atom is 0.264 e. The number of nitriles is 1. The van der Waals surface area contributed by atoms with Crippen LogP contribution in [0.15, 0.2) is 33.8 Å². The van der Waals surface area contributed by atoms with E-state index in [0.717, 1.165) is 5.69 Å². The molecule has 1 N–H and O–H groups in total. The van der Waals surface area contributed by atoms with Crippen LogP contribution in [0.25, 0.3) is 0 Å². The minimum absolute atomic E-state index is 0.0992. The first-order valence-electron chi connectivity index (χ1n) is 6.47. The molecule has 2 rings (SSSR count). The number of benzene rings is 1.